The average molecular weight is 324 g/mol. The highest BCUT2D eigenvalue weighted by molar-refractivity contribution is 6.21. The van der Waals surface area contributed by atoms with Crippen molar-refractivity contribution in [1.29, 1.82) is 0 Å². The number of carbonyl (C=O) groups excluding carboxylic acids is 3. The van der Waals surface area contributed by atoms with Gasteiger partial charge in [-0.25, -0.2) is 4.79 Å². The van der Waals surface area contributed by atoms with Crippen LogP contribution in [0.1, 0.15) is 61.3 Å². The molecule has 122 valence electrons. The lowest BCUT2D eigenvalue weighted by molar-refractivity contribution is -0.0585. The van der Waals surface area contributed by atoms with E-state index < -0.39 is 17.8 Å². The van der Waals surface area contributed by atoms with E-state index >= 15 is 0 Å². The van der Waals surface area contributed by atoms with E-state index in [9.17, 15) is 14.4 Å². The first-order chi connectivity index (χ1) is 11.5. The van der Waals surface area contributed by atoms with Gasteiger partial charge in [-0.1, -0.05) is 17.2 Å². The van der Waals surface area contributed by atoms with Gasteiger partial charge in [-0.05, 0) is 44.9 Å². The highest BCUT2D eigenvalue weighted by Gasteiger charge is 2.39. The normalized spacial score (nSPS) is 16.5. The van der Waals surface area contributed by atoms with Crippen molar-refractivity contribution >= 4 is 17.8 Å². The second-order valence-corrected chi connectivity index (χ2v) is 6.21. The van der Waals surface area contributed by atoms with Gasteiger partial charge in [0.25, 0.3) is 11.8 Å². The molecule has 0 unspecified atom stereocenters. The zero-order chi connectivity index (χ0) is 17.0. The van der Waals surface area contributed by atoms with Crippen molar-refractivity contribution in [1.82, 2.24) is 9.63 Å². The van der Waals surface area contributed by atoms with Crippen molar-refractivity contribution in [2.45, 2.75) is 32.7 Å². The van der Waals surface area contributed by atoms with Crippen LogP contribution in [0.25, 0.3) is 0 Å². The summed E-state index contributed by atoms with van der Waals surface area (Å²) in [7, 11) is 0. The lowest BCUT2D eigenvalue weighted by atomic mass is 10.1. The van der Waals surface area contributed by atoms with Gasteiger partial charge >= 0.3 is 5.97 Å². The third kappa shape index (κ3) is 2.06. The van der Waals surface area contributed by atoms with E-state index in [1.165, 1.54) is 0 Å². The van der Waals surface area contributed by atoms with E-state index in [0.717, 1.165) is 24.2 Å². The molecular weight excluding hydrogens is 308 g/mol. The second kappa shape index (κ2) is 5.06. The quantitative estimate of drug-likeness (QED) is 0.814. The van der Waals surface area contributed by atoms with Crippen molar-refractivity contribution in [2.75, 3.05) is 0 Å². The second-order valence-electron chi connectivity index (χ2n) is 6.21. The van der Waals surface area contributed by atoms with Gasteiger partial charge in [-0.3, -0.25) is 9.59 Å². The number of amides is 2. The van der Waals surface area contributed by atoms with Crippen molar-refractivity contribution in [2.24, 2.45) is 0 Å². The van der Waals surface area contributed by atoms with Crippen LogP contribution in [-0.4, -0.2) is 27.4 Å². The molecule has 6 heteroatoms. The lowest BCUT2D eigenvalue weighted by Gasteiger charge is -2.13. The summed E-state index contributed by atoms with van der Waals surface area (Å²) in [5, 5.41) is 0.552. The van der Waals surface area contributed by atoms with Crippen molar-refractivity contribution < 1.29 is 19.2 Å². The smallest absolute Gasteiger partial charge is 0.345 e. The molecule has 0 spiro atoms. The molecule has 4 rings (SSSR count). The Labute approximate surface area is 138 Å². The van der Waals surface area contributed by atoms with Crippen LogP contribution in [0.15, 0.2) is 30.3 Å². The van der Waals surface area contributed by atoms with E-state index in [-0.39, 0.29) is 11.1 Å². The van der Waals surface area contributed by atoms with Gasteiger partial charge < -0.3 is 9.40 Å². The van der Waals surface area contributed by atoms with Gasteiger partial charge in [0, 0.05) is 17.4 Å². The minimum absolute atomic E-state index is 0.249. The van der Waals surface area contributed by atoms with E-state index in [1.807, 2.05) is 13.8 Å². The Morgan fingerprint density at radius 2 is 1.67 bits per heavy atom. The highest BCUT2D eigenvalue weighted by Crippen LogP contribution is 2.38. The van der Waals surface area contributed by atoms with Crippen LogP contribution in [0.3, 0.4) is 0 Å². The Kier molecular flexibility index (Phi) is 3.09. The number of hydrogen-bond donors (Lipinski definition) is 0. The van der Waals surface area contributed by atoms with Gasteiger partial charge in [0.05, 0.1) is 16.7 Å². The molecule has 24 heavy (non-hydrogen) atoms. The van der Waals surface area contributed by atoms with Gasteiger partial charge in [-0.2, -0.15) is 0 Å². The third-order valence-electron chi connectivity index (χ3n) is 4.55. The maximum Gasteiger partial charge on any atom is 0.365 e. The minimum atomic E-state index is -0.690. The Morgan fingerprint density at radius 1 is 1.08 bits per heavy atom. The maximum atomic E-state index is 12.5. The third-order valence-corrected chi connectivity index (χ3v) is 4.55. The zero-order valence-corrected chi connectivity index (χ0v) is 13.4. The molecule has 0 saturated heterocycles. The van der Waals surface area contributed by atoms with Gasteiger partial charge in [0.15, 0.2) is 0 Å². The molecule has 1 aliphatic heterocycles. The molecule has 2 heterocycles. The topological polar surface area (TPSA) is 68.6 Å². The monoisotopic (exact) mass is 324 g/mol. The van der Waals surface area contributed by atoms with Crippen LogP contribution in [0.5, 0.6) is 0 Å². The first kappa shape index (κ1) is 14.7. The fourth-order valence-electron chi connectivity index (χ4n) is 3.26. The summed E-state index contributed by atoms with van der Waals surface area (Å²) < 4.78 is 2.11. The summed E-state index contributed by atoms with van der Waals surface area (Å²) in [5.74, 6) is -1.91. The van der Waals surface area contributed by atoms with Gasteiger partial charge in [0.1, 0.15) is 0 Å². The Balaban J connectivity index is 1.61. The highest BCUT2D eigenvalue weighted by atomic mass is 16.7. The first-order valence-electron chi connectivity index (χ1n) is 7.87. The molecule has 0 radical (unpaired) electrons. The van der Waals surface area contributed by atoms with Crippen LogP contribution in [0.4, 0.5) is 0 Å². The fourth-order valence-corrected chi connectivity index (χ4v) is 3.26. The molecule has 1 aliphatic carbocycles. The first-order valence-corrected chi connectivity index (χ1v) is 7.87. The molecule has 1 aromatic carbocycles. The number of hydroxylamine groups is 2. The molecule has 6 nitrogen and oxygen atoms in total. The number of carbonyl (C=O) groups is 3. The summed E-state index contributed by atoms with van der Waals surface area (Å²) in [6.07, 6.45) is 2.20. The number of fused-ring (bicyclic) bond motifs is 1. The van der Waals surface area contributed by atoms with Crippen molar-refractivity contribution in [3.63, 3.8) is 0 Å². The maximum absolute atomic E-state index is 12.5. The molecule has 1 saturated carbocycles. The van der Waals surface area contributed by atoms with Gasteiger partial charge in [0.2, 0.25) is 0 Å². The molecule has 2 aliphatic rings. The van der Waals surface area contributed by atoms with Crippen molar-refractivity contribution in [3.05, 3.63) is 58.4 Å². The molecule has 1 aromatic heterocycles. The predicted octanol–water partition coefficient (Wildman–Crippen LogP) is 2.81. The number of imide groups is 1. The number of aromatic nitrogens is 1. The summed E-state index contributed by atoms with van der Waals surface area (Å²) in [6, 6.07) is 8.60. The lowest BCUT2D eigenvalue weighted by Crippen LogP contribution is -2.32. The van der Waals surface area contributed by atoms with E-state index in [2.05, 4.69) is 4.57 Å². The van der Waals surface area contributed by atoms with Crippen molar-refractivity contribution in [3.8, 4) is 0 Å². The molecule has 2 aromatic rings. The Hall–Kier alpha value is -2.89. The molecule has 1 fully saturated rings. The van der Waals surface area contributed by atoms with Crippen LogP contribution in [0.2, 0.25) is 0 Å². The number of nitrogens with zero attached hydrogens (tertiary/aromatic N) is 2. The Morgan fingerprint density at radius 3 is 2.21 bits per heavy atom. The van der Waals surface area contributed by atoms with E-state index in [1.54, 1.807) is 30.3 Å². The van der Waals surface area contributed by atoms with E-state index in [4.69, 9.17) is 4.84 Å². The summed E-state index contributed by atoms with van der Waals surface area (Å²) in [4.78, 5) is 42.2. The van der Waals surface area contributed by atoms with Crippen LogP contribution >= 0.6 is 0 Å². The van der Waals surface area contributed by atoms with Crippen LogP contribution in [-0.2, 0) is 4.84 Å². The van der Waals surface area contributed by atoms with Crippen LogP contribution < -0.4 is 0 Å². The zero-order valence-electron chi connectivity index (χ0n) is 13.4. The average Bonchev–Trinajstić information content (AvgIpc) is 3.32. The van der Waals surface area contributed by atoms with Gasteiger partial charge in [-0.15, -0.1) is 0 Å². The SMILES string of the molecule is Cc1cc(C(=O)ON2C(=O)c3ccccc3C2=O)c(C)n1C1CC1. The summed E-state index contributed by atoms with van der Waals surface area (Å²) in [6.45, 7) is 3.79. The fraction of sp³-hybridized carbons (Fsp3) is 0.278. The Bertz CT molecular complexity index is 857. The number of rotatable bonds is 3. The number of hydrogen-bond acceptors (Lipinski definition) is 4. The number of benzene rings is 1. The molecular formula is C18H16N2O4. The standard InChI is InChI=1S/C18H16N2O4/c1-10-9-15(11(2)19(10)12-7-8-12)18(23)24-20-16(21)13-5-3-4-6-14(13)17(20)22/h3-6,9,12H,7-8H2,1-2H3. The molecule has 0 atom stereocenters. The summed E-state index contributed by atoms with van der Waals surface area (Å²) in [5.41, 5.74) is 2.66. The molecule has 2 amide bonds. The molecule has 0 bridgehead atoms. The number of aryl methyl sites for hydroxylation is 1. The largest absolute Gasteiger partial charge is 0.365 e. The minimum Gasteiger partial charge on any atom is -0.345 e. The van der Waals surface area contributed by atoms with Crippen LogP contribution in [0, 0.1) is 13.8 Å². The molecule has 0 N–H and O–H groups in total. The predicted molar refractivity (Wildman–Crippen MR) is 84.5 cm³/mol. The van der Waals surface area contributed by atoms with E-state index in [0.29, 0.717) is 16.7 Å². The summed E-state index contributed by atoms with van der Waals surface area (Å²) >= 11 is 0.